The van der Waals surface area contributed by atoms with Gasteiger partial charge in [0.05, 0.1) is 16.5 Å². The predicted molar refractivity (Wildman–Crippen MR) is 67.2 cm³/mol. The van der Waals surface area contributed by atoms with E-state index in [1.165, 1.54) is 5.01 Å². The van der Waals surface area contributed by atoms with E-state index in [1.807, 2.05) is 6.20 Å². The molecule has 1 aliphatic rings. The van der Waals surface area contributed by atoms with Crippen molar-refractivity contribution in [1.82, 2.24) is 15.2 Å². The molecular formula is C10H16BrN3S. The van der Waals surface area contributed by atoms with Crippen LogP contribution in [0.2, 0.25) is 0 Å². The standard InChI is InChI=1S/C10H16BrN3S/c1-7-8(2)14(4-3-12-7)6-10-13-5-9(11)15-10/h5,7-8,12H,3-4,6H2,1-2H3. The fraction of sp³-hybridized carbons (Fsp3) is 0.700. The Morgan fingerprint density at radius 3 is 3.13 bits per heavy atom. The first-order chi connectivity index (χ1) is 7.16. The summed E-state index contributed by atoms with van der Waals surface area (Å²) in [6.07, 6.45) is 1.89. The van der Waals surface area contributed by atoms with Crippen molar-refractivity contribution in [2.24, 2.45) is 0 Å². The lowest BCUT2D eigenvalue weighted by molar-refractivity contribution is 0.130. The van der Waals surface area contributed by atoms with Crippen molar-refractivity contribution in [3.05, 3.63) is 15.0 Å². The topological polar surface area (TPSA) is 28.2 Å². The quantitative estimate of drug-likeness (QED) is 0.904. The van der Waals surface area contributed by atoms with Crippen LogP contribution in [0.15, 0.2) is 9.98 Å². The van der Waals surface area contributed by atoms with Crippen LogP contribution in [0.1, 0.15) is 18.9 Å². The largest absolute Gasteiger partial charge is 0.311 e. The van der Waals surface area contributed by atoms with E-state index >= 15 is 0 Å². The highest BCUT2D eigenvalue weighted by Gasteiger charge is 2.24. The highest BCUT2D eigenvalue weighted by atomic mass is 79.9. The summed E-state index contributed by atoms with van der Waals surface area (Å²) in [4.78, 5) is 6.87. The minimum atomic E-state index is 0.571. The smallest absolute Gasteiger partial charge is 0.108 e. The Labute approximate surface area is 103 Å². The molecule has 0 radical (unpaired) electrons. The molecule has 2 unspecified atom stereocenters. The van der Waals surface area contributed by atoms with Crippen molar-refractivity contribution in [3.8, 4) is 0 Å². The van der Waals surface area contributed by atoms with Gasteiger partial charge in [-0.05, 0) is 29.8 Å². The lowest BCUT2D eigenvalue weighted by atomic mass is 10.1. The highest BCUT2D eigenvalue weighted by Crippen LogP contribution is 2.22. The van der Waals surface area contributed by atoms with Crippen molar-refractivity contribution >= 4 is 27.3 Å². The second kappa shape index (κ2) is 4.91. The average Bonchev–Trinajstić information content (AvgIpc) is 2.59. The number of halogens is 1. The van der Waals surface area contributed by atoms with Crippen LogP contribution in [0.25, 0.3) is 0 Å². The van der Waals surface area contributed by atoms with Gasteiger partial charge in [0, 0.05) is 25.2 Å². The van der Waals surface area contributed by atoms with Crippen LogP contribution in [0.4, 0.5) is 0 Å². The molecule has 15 heavy (non-hydrogen) atoms. The number of hydrogen-bond donors (Lipinski definition) is 1. The molecule has 1 aromatic heterocycles. The Kier molecular flexibility index (Phi) is 3.77. The first kappa shape index (κ1) is 11.5. The van der Waals surface area contributed by atoms with E-state index in [1.54, 1.807) is 11.3 Å². The number of thiazole rings is 1. The normalized spacial score (nSPS) is 28.2. The Morgan fingerprint density at radius 1 is 1.67 bits per heavy atom. The van der Waals surface area contributed by atoms with Gasteiger partial charge in [-0.3, -0.25) is 4.90 Å². The van der Waals surface area contributed by atoms with Gasteiger partial charge < -0.3 is 5.32 Å². The SMILES string of the molecule is CC1NCCN(Cc2ncc(Br)s2)C1C. The van der Waals surface area contributed by atoms with Gasteiger partial charge in [0.25, 0.3) is 0 Å². The molecule has 84 valence electrons. The van der Waals surface area contributed by atoms with Crippen LogP contribution in [-0.4, -0.2) is 35.1 Å². The molecule has 5 heteroatoms. The summed E-state index contributed by atoms with van der Waals surface area (Å²) < 4.78 is 1.12. The lowest BCUT2D eigenvalue weighted by Gasteiger charge is -2.38. The monoisotopic (exact) mass is 289 g/mol. The van der Waals surface area contributed by atoms with Crippen LogP contribution in [0, 0.1) is 0 Å². The molecule has 1 aromatic rings. The molecular weight excluding hydrogens is 274 g/mol. The molecule has 1 aliphatic heterocycles. The first-order valence-corrected chi connectivity index (χ1v) is 6.85. The lowest BCUT2D eigenvalue weighted by Crippen LogP contribution is -2.54. The van der Waals surface area contributed by atoms with Gasteiger partial charge in [-0.15, -0.1) is 11.3 Å². The highest BCUT2D eigenvalue weighted by molar-refractivity contribution is 9.11. The molecule has 3 nitrogen and oxygen atoms in total. The summed E-state index contributed by atoms with van der Waals surface area (Å²) in [7, 11) is 0. The van der Waals surface area contributed by atoms with E-state index in [-0.39, 0.29) is 0 Å². The number of rotatable bonds is 2. The molecule has 1 N–H and O–H groups in total. The van der Waals surface area contributed by atoms with Gasteiger partial charge in [-0.25, -0.2) is 4.98 Å². The maximum Gasteiger partial charge on any atom is 0.108 e. The van der Waals surface area contributed by atoms with Gasteiger partial charge in [-0.1, -0.05) is 0 Å². The summed E-state index contributed by atoms with van der Waals surface area (Å²) in [6.45, 7) is 7.69. The average molecular weight is 290 g/mol. The Balaban J connectivity index is 1.99. The fourth-order valence-electron chi connectivity index (χ4n) is 1.88. The van der Waals surface area contributed by atoms with Crippen molar-refractivity contribution in [2.45, 2.75) is 32.5 Å². The molecule has 0 saturated carbocycles. The van der Waals surface area contributed by atoms with Crippen molar-refractivity contribution in [2.75, 3.05) is 13.1 Å². The summed E-state index contributed by atoms with van der Waals surface area (Å²) in [5, 5.41) is 4.68. The van der Waals surface area contributed by atoms with Crippen molar-refractivity contribution in [1.29, 1.82) is 0 Å². The second-order valence-electron chi connectivity index (χ2n) is 4.01. The molecule has 0 bridgehead atoms. The number of hydrogen-bond acceptors (Lipinski definition) is 4. The van der Waals surface area contributed by atoms with Crippen LogP contribution in [0.5, 0.6) is 0 Å². The van der Waals surface area contributed by atoms with Gasteiger partial charge in [0.2, 0.25) is 0 Å². The Hall–Kier alpha value is 0.0300. The molecule has 0 aromatic carbocycles. The predicted octanol–water partition coefficient (Wildman–Crippen LogP) is 2.09. The Morgan fingerprint density at radius 2 is 2.47 bits per heavy atom. The van der Waals surface area contributed by atoms with Crippen LogP contribution >= 0.6 is 27.3 Å². The summed E-state index contributed by atoms with van der Waals surface area (Å²) in [5.74, 6) is 0. The molecule has 1 saturated heterocycles. The van der Waals surface area contributed by atoms with Gasteiger partial charge in [0.1, 0.15) is 5.01 Å². The van der Waals surface area contributed by atoms with Gasteiger partial charge in [-0.2, -0.15) is 0 Å². The summed E-state index contributed by atoms with van der Waals surface area (Å²) in [6, 6.07) is 1.16. The minimum absolute atomic E-state index is 0.571. The van der Waals surface area contributed by atoms with Crippen molar-refractivity contribution in [3.63, 3.8) is 0 Å². The molecule has 1 fully saturated rings. The fourth-order valence-corrected chi connectivity index (χ4v) is 3.21. The number of aromatic nitrogens is 1. The third-order valence-corrected chi connectivity index (χ3v) is 4.49. The second-order valence-corrected chi connectivity index (χ2v) is 6.51. The maximum atomic E-state index is 4.38. The zero-order valence-corrected chi connectivity index (χ0v) is 11.4. The van der Waals surface area contributed by atoms with E-state index in [9.17, 15) is 0 Å². The molecule has 0 amide bonds. The first-order valence-electron chi connectivity index (χ1n) is 5.24. The van der Waals surface area contributed by atoms with E-state index < -0.39 is 0 Å². The number of nitrogens with one attached hydrogen (secondary N) is 1. The minimum Gasteiger partial charge on any atom is -0.311 e. The molecule has 2 rings (SSSR count). The number of piperazine rings is 1. The van der Waals surface area contributed by atoms with E-state index in [4.69, 9.17) is 0 Å². The van der Waals surface area contributed by atoms with Crippen LogP contribution in [-0.2, 0) is 6.54 Å². The summed E-state index contributed by atoms with van der Waals surface area (Å²) in [5.41, 5.74) is 0. The summed E-state index contributed by atoms with van der Waals surface area (Å²) >= 11 is 5.18. The van der Waals surface area contributed by atoms with E-state index in [0.29, 0.717) is 12.1 Å². The van der Waals surface area contributed by atoms with Gasteiger partial charge >= 0.3 is 0 Å². The van der Waals surface area contributed by atoms with Crippen LogP contribution in [0.3, 0.4) is 0 Å². The van der Waals surface area contributed by atoms with E-state index in [2.05, 4.69) is 45.0 Å². The zero-order valence-electron chi connectivity index (χ0n) is 9.03. The van der Waals surface area contributed by atoms with E-state index in [0.717, 1.165) is 23.4 Å². The molecule has 2 heterocycles. The van der Waals surface area contributed by atoms with Crippen LogP contribution < -0.4 is 5.32 Å². The van der Waals surface area contributed by atoms with Gasteiger partial charge in [0.15, 0.2) is 0 Å². The molecule has 0 spiro atoms. The third-order valence-electron chi connectivity index (χ3n) is 3.03. The molecule has 2 atom stereocenters. The molecule has 0 aliphatic carbocycles. The van der Waals surface area contributed by atoms with Crippen molar-refractivity contribution < 1.29 is 0 Å². The zero-order chi connectivity index (χ0) is 10.8. The number of nitrogens with zero attached hydrogens (tertiary/aromatic N) is 2. The maximum absolute atomic E-state index is 4.38. The third kappa shape index (κ3) is 2.78. The Bertz CT molecular complexity index is 328.